The molecule has 178 valence electrons. The van der Waals surface area contributed by atoms with Gasteiger partial charge in [-0.2, -0.15) is 5.26 Å². The van der Waals surface area contributed by atoms with Crippen LogP contribution in [-0.2, 0) is 0 Å². The molecule has 0 fully saturated rings. The topological polar surface area (TPSA) is 89.0 Å². The van der Waals surface area contributed by atoms with E-state index in [-0.39, 0.29) is 5.15 Å². The SMILES string of the molecule is COc1ccc2nc(Cl)c(C=C(C#N)c3nc(-c4cc5c(ccc6ccccc65)oc4=O)cs3)cc2c1. The van der Waals surface area contributed by atoms with Gasteiger partial charge in [0.25, 0.3) is 0 Å². The molecule has 6 nitrogen and oxygen atoms in total. The minimum Gasteiger partial charge on any atom is -0.497 e. The zero-order chi connectivity index (χ0) is 25.5. The van der Waals surface area contributed by atoms with Crippen molar-refractivity contribution in [3.8, 4) is 23.1 Å². The summed E-state index contributed by atoms with van der Waals surface area (Å²) in [6.07, 6.45) is 1.65. The van der Waals surface area contributed by atoms with E-state index in [4.69, 9.17) is 20.8 Å². The number of nitriles is 1. The Morgan fingerprint density at radius 1 is 1.05 bits per heavy atom. The lowest BCUT2D eigenvalue weighted by molar-refractivity contribution is 0.415. The minimum absolute atomic E-state index is 0.268. The normalized spacial score (nSPS) is 11.8. The molecule has 0 bridgehead atoms. The maximum atomic E-state index is 12.8. The van der Waals surface area contributed by atoms with Gasteiger partial charge in [-0.25, -0.2) is 14.8 Å². The summed E-state index contributed by atoms with van der Waals surface area (Å²) in [7, 11) is 1.60. The average molecular weight is 522 g/mol. The van der Waals surface area contributed by atoms with E-state index in [1.807, 2.05) is 54.6 Å². The second kappa shape index (κ2) is 9.17. The lowest BCUT2D eigenvalue weighted by atomic mass is 10.0. The van der Waals surface area contributed by atoms with Crippen LogP contribution in [0.15, 0.2) is 81.3 Å². The maximum absolute atomic E-state index is 12.8. The molecule has 6 rings (SSSR count). The van der Waals surface area contributed by atoms with Gasteiger partial charge in [-0.3, -0.25) is 0 Å². The van der Waals surface area contributed by atoms with Crippen molar-refractivity contribution in [3.63, 3.8) is 0 Å². The van der Waals surface area contributed by atoms with Gasteiger partial charge in [0.1, 0.15) is 27.6 Å². The molecular weight excluding hydrogens is 506 g/mol. The van der Waals surface area contributed by atoms with Crippen molar-refractivity contribution in [2.75, 3.05) is 7.11 Å². The highest BCUT2D eigenvalue weighted by Crippen LogP contribution is 2.32. The summed E-state index contributed by atoms with van der Waals surface area (Å²) in [5, 5.41) is 16.0. The molecule has 0 saturated heterocycles. The molecule has 3 heterocycles. The zero-order valence-corrected chi connectivity index (χ0v) is 20.9. The van der Waals surface area contributed by atoms with Gasteiger partial charge in [-0.05, 0) is 53.2 Å². The van der Waals surface area contributed by atoms with E-state index in [0.717, 1.165) is 21.5 Å². The number of rotatable bonds is 4. The van der Waals surface area contributed by atoms with E-state index < -0.39 is 5.63 Å². The van der Waals surface area contributed by atoms with Crippen LogP contribution < -0.4 is 10.4 Å². The van der Waals surface area contributed by atoms with Crippen LogP contribution in [0.1, 0.15) is 10.6 Å². The number of aromatic nitrogens is 2. The van der Waals surface area contributed by atoms with Gasteiger partial charge < -0.3 is 9.15 Å². The molecule has 6 aromatic rings. The van der Waals surface area contributed by atoms with Crippen LogP contribution in [0.3, 0.4) is 0 Å². The number of halogens is 1. The molecule has 3 aromatic carbocycles. The standard InChI is InChI=1S/C29H16ClN3O3S/c1-35-20-7-8-24-17(12-20)10-18(27(30)32-24)11-19(14-31)28-33-25(15-37-28)23-13-22-21-5-3-2-4-16(21)6-9-26(22)36-29(23)34/h2-13,15H,1H3. The van der Waals surface area contributed by atoms with Crippen LogP contribution in [-0.4, -0.2) is 17.1 Å². The first-order chi connectivity index (χ1) is 18.0. The molecule has 0 radical (unpaired) electrons. The number of hydrogen-bond donors (Lipinski definition) is 0. The van der Waals surface area contributed by atoms with Crippen LogP contribution in [0, 0.1) is 11.3 Å². The first kappa shape index (κ1) is 22.9. The molecule has 0 aliphatic rings. The van der Waals surface area contributed by atoms with Crippen molar-refractivity contribution in [2.24, 2.45) is 0 Å². The van der Waals surface area contributed by atoms with Gasteiger partial charge in [0.15, 0.2) is 0 Å². The zero-order valence-electron chi connectivity index (χ0n) is 19.4. The monoisotopic (exact) mass is 521 g/mol. The van der Waals surface area contributed by atoms with E-state index in [1.165, 1.54) is 11.3 Å². The summed E-state index contributed by atoms with van der Waals surface area (Å²) in [4.78, 5) is 21.8. The summed E-state index contributed by atoms with van der Waals surface area (Å²) in [6.45, 7) is 0. The van der Waals surface area contributed by atoms with Crippen molar-refractivity contribution in [1.82, 2.24) is 9.97 Å². The Hall–Kier alpha value is -4.51. The van der Waals surface area contributed by atoms with Crippen molar-refractivity contribution in [1.29, 1.82) is 5.26 Å². The summed E-state index contributed by atoms with van der Waals surface area (Å²) < 4.78 is 10.9. The van der Waals surface area contributed by atoms with E-state index in [9.17, 15) is 10.1 Å². The number of methoxy groups -OCH3 is 1. The number of fused-ring (bicyclic) bond motifs is 4. The Bertz CT molecular complexity index is 1990. The van der Waals surface area contributed by atoms with Crippen LogP contribution in [0.25, 0.3) is 55.6 Å². The van der Waals surface area contributed by atoms with E-state index in [0.29, 0.717) is 44.3 Å². The summed E-state index contributed by atoms with van der Waals surface area (Å²) >= 11 is 7.69. The number of thiazole rings is 1. The first-order valence-corrected chi connectivity index (χ1v) is 12.5. The number of benzene rings is 3. The fourth-order valence-corrected chi connectivity index (χ4v) is 5.23. The smallest absolute Gasteiger partial charge is 0.345 e. The van der Waals surface area contributed by atoms with Crippen LogP contribution in [0.2, 0.25) is 5.15 Å². The third-order valence-electron chi connectivity index (χ3n) is 6.08. The van der Waals surface area contributed by atoms with E-state index in [1.54, 1.807) is 30.7 Å². The first-order valence-electron chi connectivity index (χ1n) is 11.2. The van der Waals surface area contributed by atoms with Gasteiger partial charge in [0.05, 0.1) is 29.5 Å². The number of allylic oxidation sites excluding steroid dienone is 1. The average Bonchev–Trinajstić information content (AvgIpc) is 3.41. The Balaban J connectivity index is 1.43. The van der Waals surface area contributed by atoms with Gasteiger partial charge in [-0.15, -0.1) is 11.3 Å². The molecule has 0 unspecified atom stereocenters. The summed E-state index contributed by atoms with van der Waals surface area (Å²) in [5.41, 5.74) is 2.39. The highest BCUT2D eigenvalue weighted by molar-refractivity contribution is 7.11. The molecule has 0 saturated carbocycles. The molecule has 0 spiro atoms. The largest absolute Gasteiger partial charge is 0.497 e. The molecular formula is C29H16ClN3O3S. The molecule has 0 N–H and O–H groups in total. The number of nitrogens with zero attached hydrogens (tertiary/aromatic N) is 3. The Morgan fingerprint density at radius 3 is 2.76 bits per heavy atom. The number of pyridine rings is 1. The van der Waals surface area contributed by atoms with Gasteiger partial charge in [0.2, 0.25) is 0 Å². The van der Waals surface area contributed by atoms with Crippen LogP contribution in [0.5, 0.6) is 5.75 Å². The molecule has 0 atom stereocenters. The molecule has 0 aliphatic heterocycles. The Morgan fingerprint density at radius 2 is 1.92 bits per heavy atom. The van der Waals surface area contributed by atoms with E-state index in [2.05, 4.69) is 16.0 Å². The second-order valence-electron chi connectivity index (χ2n) is 8.28. The van der Waals surface area contributed by atoms with Crippen molar-refractivity contribution in [2.45, 2.75) is 0 Å². The highest BCUT2D eigenvalue weighted by atomic mass is 35.5. The summed E-state index contributed by atoms with van der Waals surface area (Å²) in [6, 6.07) is 23.0. The van der Waals surface area contributed by atoms with Gasteiger partial charge in [-0.1, -0.05) is 41.9 Å². The van der Waals surface area contributed by atoms with Gasteiger partial charge >= 0.3 is 5.63 Å². The highest BCUT2D eigenvalue weighted by Gasteiger charge is 2.16. The van der Waals surface area contributed by atoms with Crippen molar-refractivity contribution < 1.29 is 9.15 Å². The van der Waals surface area contributed by atoms with Gasteiger partial charge in [0, 0.05) is 21.7 Å². The van der Waals surface area contributed by atoms with Crippen molar-refractivity contribution >= 4 is 67.2 Å². The van der Waals surface area contributed by atoms with Crippen molar-refractivity contribution in [3.05, 3.63) is 98.3 Å². The quantitative estimate of drug-likeness (QED) is 0.104. The summed E-state index contributed by atoms with van der Waals surface area (Å²) in [5.74, 6) is 0.693. The molecule has 8 heteroatoms. The predicted octanol–water partition coefficient (Wildman–Crippen LogP) is 7.34. The Labute approximate surface area is 219 Å². The third kappa shape index (κ3) is 4.12. The molecule has 0 amide bonds. The molecule has 3 aromatic heterocycles. The molecule has 0 aliphatic carbocycles. The lowest BCUT2D eigenvalue weighted by Crippen LogP contribution is -2.03. The second-order valence-corrected chi connectivity index (χ2v) is 9.50. The maximum Gasteiger partial charge on any atom is 0.345 e. The fraction of sp³-hybridized carbons (Fsp3) is 0.0345. The molecule has 37 heavy (non-hydrogen) atoms. The van der Waals surface area contributed by atoms with Crippen LogP contribution in [0.4, 0.5) is 0 Å². The fourth-order valence-electron chi connectivity index (χ4n) is 4.24. The van der Waals surface area contributed by atoms with Crippen LogP contribution >= 0.6 is 22.9 Å². The third-order valence-corrected chi connectivity index (χ3v) is 7.25. The number of hydrogen-bond acceptors (Lipinski definition) is 7. The predicted molar refractivity (Wildman–Crippen MR) is 148 cm³/mol. The number of ether oxygens (including phenoxy) is 1. The Kier molecular flexibility index (Phi) is 5.68. The van der Waals surface area contributed by atoms with E-state index >= 15 is 0 Å². The minimum atomic E-state index is -0.488. The lowest BCUT2D eigenvalue weighted by Gasteiger charge is -2.05.